The molecule has 0 aliphatic rings. The van der Waals surface area contributed by atoms with Crippen molar-refractivity contribution < 1.29 is 23.4 Å². The van der Waals surface area contributed by atoms with Crippen molar-refractivity contribution in [1.82, 2.24) is 4.90 Å². The van der Waals surface area contributed by atoms with Crippen molar-refractivity contribution in [2.45, 2.75) is 26.3 Å². The number of halogens is 2. The first-order valence-electron chi connectivity index (χ1n) is 6.45. The number of carbonyl (C=O) groups is 1. The van der Waals surface area contributed by atoms with Gasteiger partial charge in [-0.15, -0.1) is 0 Å². The monoisotopic (exact) mass is 287 g/mol. The molecule has 1 aromatic carbocycles. The van der Waals surface area contributed by atoms with Crippen LogP contribution in [-0.4, -0.2) is 42.1 Å². The molecule has 6 heteroatoms. The maximum atomic E-state index is 12.0. The van der Waals surface area contributed by atoms with Gasteiger partial charge in [0.25, 0.3) is 6.43 Å². The number of carboxylic acid groups (broad SMARTS) is 1. The highest BCUT2D eigenvalue weighted by atomic mass is 19.3. The van der Waals surface area contributed by atoms with Gasteiger partial charge in [0.05, 0.1) is 6.54 Å². The second-order valence-corrected chi connectivity index (χ2v) is 4.45. The Balaban J connectivity index is 2.55. The van der Waals surface area contributed by atoms with E-state index in [0.717, 1.165) is 12.0 Å². The van der Waals surface area contributed by atoms with Gasteiger partial charge < -0.3 is 9.84 Å². The van der Waals surface area contributed by atoms with E-state index in [1.165, 1.54) is 0 Å². The summed E-state index contributed by atoms with van der Waals surface area (Å²) < 4.78 is 28.9. The van der Waals surface area contributed by atoms with Crippen LogP contribution in [0.2, 0.25) is 0 Å². The molecule has 0 aliphatic carbocycles. The lowest BCUT2D eigenvalue weighted by molar-refractivity contribution is -0.138. The van der Waals surface area contributed by atoms with E-state index in [1.54, 1.807) is 24.3 Å². The first kappa shape index (κ1) is 16.4. The molecule has 0 aromatic heterocycles. The molecule has 4 nitrogen and oxygen atoms in total. The Morgan fingerprint density at radius 1 is 1.35 bits per heavy atom. The van der Waals surface area contributed by atoms with Gasteiger partial charge >= 0.3 is 5.97 Å². The van der Waals surface area contributed by atoms with Crippen molar-refractivity contribution in [3.63, 3.8) is 0 Å². The zero-order valence-electron chi connectivity index (χ0n) is 11.4. The quantitative estimate of drug-likeness (QED) is 0.758. The Labute approximate surface area is 117 Å². The maximum absolute atomic E-state index is 12.0. The molecule has 0 aliphatic heterocycles. The summed E-state index contributed by atoms with van der Waals surface area (Å²) in [5, 5.41) is 8.82. The Bertz CT molecular complexity index is 409. The number of hydrogen-bond acceptors (Lipinski definition) is 3. The second-order valence-electron chi connectivity index (χ2n) is 4.45. The van der Waals surface area contributed by atoms with E-state index < -0.39 is 19.0 Å². The van der Waals surface area contributed by atoms with Crippen LogP contribution >= 0.6 is 0 Å². The van der Waals surface area contributed by atoms with Gasteiger partial charge in [0, 0.05) is 6.54 Å². The second kappa shape index (κ2) is 8.47. The van der Waals surface area contributed by atoms with Crippen LogP contribution in [0.4, 0.5) is 8.78 Å². The molecule has 0 fully saturated rings. The summed E-state index contributed by atoms with van der Waals surface area (Å²) in [6, 6.07) is 6.74. The third-order valence-electron chi connectivity index (χ3n) is 2.60. The van der Waals surface area contributed by atoms with Crippen molar-refractivity contribution in [3.8, 4) is 5.75 Å². The average molecular weight is 287 g/mol. The first-order valence-corrected chi connectivity index (χ1v) is 6.45. The third kappa shape index (κ3) is 6.47. The summed E-state index contributed by atoms with van der Waals surface area (Å²) in [6.45, 7) is 2.54. The Hall–Kier alpha value is -1.69. The van der Waals surface area contributed by atoms with Crippen LogP contribution in [0.25, 0.3) is 0 Å². The number of aliphatic carboxylic acids is 1. The molecule has 0 saturated carbocycles. The fourth-order valence-electron chi connectivity index (χ4n) is 1.83. The predicted octanol–water partition coefficient (Wildman–Crippen LogP) is 2.63. The van der Waals surface area contributed by atoms with Crippen LogP contribution in [0.5, 0.6) is 5.75 Å². The van der Waals surface area contributed by atoms with E-state index in [0.29, 0.717) is 18.8 Å². The normalized spacial score (nSPS) is 11.1. The summed E-state index contributed by atoms with van der Waals surface area (Å²) >= 11 is 0. The van der Waals surface area contributed by atoms with Crippen molar-refractivity contribution in [2.75, 3.05) is 19.7 Å². The van der Waals surface area contributed by atoms with Crippen LogP contribution in [0.3, 0.4) is 0 Å². The van der Waals surface area contributed by atoms with E-state index in [9.17, 15) is 13.6 Å². The fraction of sp³-hybridized carbons (Fsp3) is 0.500. The molecule has 0 unspecified atom stereocenters. The van der Waals surface area contributed by atoms with Crippen molar-refractivity contribution in [2.24, 2.45) is 0 Å². The zero-order chi connectivity index (χ0) is 15.0. The molecule has 0 heterocycles. The molecule has 1 aromatic rings. The molecular weight excluding hydrogens is 268 g/mol. The molecular formula is C14H19F2NO3. The molecule has 0 bridgehead atoms. The van der Waals surface area contributed by atoms with Gasteiger partial charge in [-0.25, -0.2) is 8.78 Å². The SMILES string of the molecule is CCCN(CC(=O)O)Cc1ccc(OCC(F)F)cc1. The topological polar surface area (TPSA) is 49.8 Å². The maximum Gasteiger partial charge on any atom is 0.317 e. The van der Waals surface area contributed by atoms with Gasteiger partial charge in [-0.05, 0) is 30.7 Å². The van der Waals surface area contributed by atoms with Gasteiger partial charge in [0.2, 0.25) is 0 Å². The van der Waals surface area contributed by atoms with Crippen molar-refractivity contribution in [3.05, 3.63) is 29.8 Å². The lowest BCUT2D eigenvalue weighted by atomic mass is 10.2. The van der Waals surface area contributed by atoms with Gasteiger partial charge in [-0.3, -0.25) is 9.69 Å². The highest BCUT2D eigenvalue weighted by molar-refractivity contribution is 5.69. The number of nitrogens with zero attached hydrogens (tertiary/aromatic N) is 1. The zero-order valence-corrected chi connectivity index (χ0v) is 11.4. The van der Waals surface area contributed by atoms with Gasteiger partial charge in [0.15, 0.2) is 0 Å². The van der Waals surface area contributed by atoms with Gasteiger partial charge in [0.1, 0.15) is 12.4 Å². The molecule has 20 heavy (non-hydrogen) atoms. The number of hydrogen-bond donors (Lipinski definition) is 1. The number of benzene rings is 1. The summed E-state index contributed by atoms with van der Waals surface area (Å²) in [5.74, 6) is -0.482. The standard InChI is InChI=1S/C14H19F2NO3/c1-2-7-17(9-14(18)19)8-11-3-5-12(6-4-11)20-10-13(15)16/h3-6,13H,2,7-10H2,1H3,(H,18,19). The van der Waals surface area contributed by atoms with Gasteiger partial charge in [-0.1, -0.05) is 19.1 Å². The van der Waals surface area contributed by atoms with E-state index in [4.69, 9.17) is 9.84 Å². The van der Waals surface area contributed by atoms with Crippen molar-refractivity contribution in [1.29, 1.82) is 0 Å². The number of ether oxygens (including phenoxy) is 1. The van der Waals surface area contributed by atoms with E-state index in [1.807, 2.05) is 11.8 Å². The van der Waals surface area contributed by atoms with Gasteiger partial charge in [-0.2, -0.15) is 0 Å². The molecule has 1 N–H and O–H groups in total. The number of rotatable bonds is 9. The van der Waals surface area contributed by atoms with Crippen LogP contribution in [-0.2, 0) is 11.3 Å². The summed E-state index contributed by atoms with van der Waals surface area (Å²) in [7, 11) is 0. The average Bonchev–Trinajstić information content (AvgIpc) is 2.37. The van der Waals surface area contributed by atoms with Crippen molar-refractivity contribution >= 4 is 5.97 Å². The minimum Gasteiger partial charge on any atom is -0.488 e. The van der Waals surface area contributed by atoms with Crippen LogP contribution in [0.15, 0.2) is 24.3 Å². The predicted molar refractivity (Wildman–Crippen MR) is 71.1 cm³/mol. The minimum absolute atomic E-state index is 0.0164. The fourth-order valence-corrected chi connectivity index (χ4v) is 1.83. The van der Waals surface area contributed by atoms with Crippen LogP contribution in [0, 0.1) is 0 Å². The Morgan fingerprint density at radius 2 is 2.00 bits per heavy atom. The minimum atomic E-state index is -2.50. The first-order chi connectivity index (χ1) is 9.51. The highest BCUT2D eigenvalue weighted by Gasteiger charge is 2.09. The molecule has 0 atom stereocenters. The summed E-state index contributed by atoms with van der Waals surface area (Å²) in [6.07, 6.45) is -1.63. The number of carboxylic acids is 1. The highest BCUT2D eigenvalue weighted by Crippen LogP contribution is 2.14. The smallest absolute Gasteiger partial charge is 0.317 e. The Kier molecular flexibility index (Phi) is 6.93. The summed E-state index contributed by atoms with van der Waals surface area (Å²) in [4.78, 5) is 12.6. The summed E-state index contributed by atoms with van der Waals surface area (Å²) in [5.41, 5.74) is 0.920. The molecule has 0 saturated heterocycles. The lowest BCUT2D eigenvalue weighted by Crippen LogP contribution is -2.30. The Morgan fingerprint density at radius 3 is 2.50 bits per heavy atom. The van der Waals surface area contributed by atoms with Crippen LogP contribution in [0.1, 0.15) is 18.9 Å². The lowest BCUT2D eigenvalue weighted by Gasteiger charge is -2.19. The van der Waals surface area contributed by atoms with E-state index in [-0.39, 0.29) is 6.54 Å². The number of alkyl halides is 2. The molecule has 1 rings (SSSR count). The van der Waals surface area contributed by atoms with E-state index >= 15 is 0 Å². The molecule has 112 valence electrons. The largest absolute Gasteiger partial charge is 0.488 e. The molecule has 0 radical (unpaired) electrons. The molecule has 0 amide bonds. The molecule has 0 spiro atoms. The van der Waals surface area contributed by atoms with Crippen LogP contribution < -0.4 is 4.74 Å². The third-order valence-corrected chi connectivity index (χ3v) is 2.60. The van der Waals surface area contributed by atoms with E-state index in [2.05, 4.69) is 0 Å².